The molecule has 1 saturated carbocycles. The lowest BCUT2D eigenvalue weighted by molar-refractivity contribution is 0.0946. The Hall–Kier alpha value is -3.41. The van der Waals surface area contributed by atoms with Crippen LogP contribution < -0.4 is 15.4 Å². The van der Waals surface area contributed by atoms with Crippen molar-refractivity contribution >= 4 is 11.7 Å². The molecule has 0 aliphatic heterocycles. The van der Waals surface area contributed by atoms with Crippen LogP contribution in [-0.4, -0.2) is 29.0 Å². The Morgan fingerprint density at radius 2 is 1.82 bits per heavy atom. The molecule has 2 N–H and O–H groups in total. The molecule has 0 atom stereocenters. The number of amides is 1. The van der Waals surface area contributed by atoms with E-state index in [4.69, 9.17) is 4.74 Å². The van der Waals surface area contributed by atoms with E-state index in [9.17, 15) is 4.79 Å². The molecule has 1 aliphatic rings. The van der Waals surface area contributed by atoms with Crippen molar-refractivity contribution < 1.29 is 9.53 Å². The molecular formula is C22H22N4O2. The van der Waals surface area contributed by atoms with Crippen LogP contribution in [0.1, 0.15) is 28.9 Å². The molecule has 1 heterocycles. The number of nitrogens with one attached hydrogen (secondary N) is 2. The molecule has 0 saturated heterocycles. The van der Waals surface area contributed by atoms with E-state index in [0.717, 1.165) is 29.7 Å². The molecule has 0 bridgehead atoms. The van der Waals surface area contributed by atoms with Gasteiger partial charge < -0.3 is 15.4 Å². The third-order valence-corrected chi connectivity index (χ3v) is 4.56. The zero-order valence-corrected chi connectivity index (χ0v) is 15.7. The lowest BCUT2D eigenvalue weighted by Crippen LogP contribution is -2.26. The summed E-state index contributed by atoms with van der Waals surface area (Å²) in [4.78, 5) is 21.7. The Morgan fingerprint density at radius 1 is 1.07 bits per heavy atom. The van der Waals surface area contributed by atoms with Gasteiger partial charge in [-0.25, -0.2) is 9.97 Å². The summed E-state index contributed by atoms with van der Waals surface area (Å²) >= 11 is 0. The lowest BCUT2D eigenvalue weighted by Gasteiger charge is -2.12. The molecule has 2 aromatic carbocycles. The number of aromatic nitrogens is 2. The van der Waals surface area contributed by atoms with Gasteiger partial charge in [-0.1, -0.05) is 48.5 Å². The zero-order chi connectivity index (χ0) is 19.3. The van der Waals surface area contributed by atoms with Crippen molar-refractivity contribution in [3.05, 3.63) is 71.9 Å². The molecule has 28 heavy (non-hydrogen) atoms. The van der Waals surface area contributed by atoms with Gasteiger partial charge in [0, 0.05) is 29.8 Å². The van der Waals surface area contributed by atoms with Gasteiger partial charge in [0.15, 0.2) is 5.82 Å². The van der Waals surface area contributed by atoms with Crippen LogP contribution in [0, 0.1) is 0 Å². The first-order valence-corrected chi connectivity index (χ1v) is 9.34. The third kappa shape index (κ3) is 4.28. The number of ether oxygens (including phenoxy) is 1. The van der Waals surface area contributed by atoms with Gasteiger partial charge >= 0.3 is 0 Å². The first kappa shape index (κ1) is 18.0. The summed E-state index contributed by atoms with van der Waals surface area (Å²) in [5.41, 5.74) is 2.24. The highest BCUT2D eigenvalue weighted by molar-refractivity contribution is 5.93. The van der Waals surface area contributed by atoms with Crippen LogP contribution in [0.15, 0.2) is 60.7 Å². The van der Waals surface area contributed by atoms with Crippen molar-refractivity contribution in [2.45, 2.75) is 25.4 Å². The molecule has 1 aliphatic carbocycles. The molecule has 1 fully saturated rings. The summed E-state index contributed by atoms with van der Waals surface area (Å²) in [5, 5.41) is 6.29. The van der Waals surface area contributed by atoms with E-state index in [2.05, 4.69) is 20.6 Å². The SMILES string of the molecule is COc1ccccc1CNc1cc(C(=O)NC2CC2)nc(-c2ccccc2)n1. The molecule has 1 amide bonds. The predicted molar refractivity (Wildman–Crippen MR) is 108 cm³/mol. The predicted octanol–water partition coefficient (Wildman–Crippen LogP) is 3.66. The van der Waals surface area contributed by atoms with E-state index in [0.29, 0.717) is 23.9 Å². The minimum Gasteiger partial charge on any atom is -0.496 e. The first-order valence-electron chi connectivity index (χ1n) is 9.34. The summed E-state index contributed by atoms with van der Waals surface area (Å²) in [5.74, 6) is 1.76. The molecule has 0 radical (unpaired) electrons. The largest absolute Gasteiger partial charge is 0.496 e. The summed E-state index contributed by atoms with van der Waals surface area (Å²) in [7, 11) is 1.65. The lowest BCUT2D eigenvalue weighted by atomic mass is 10.2. The molecule has 0 unspecified atom stereocenters. The standard InChI is InChI=1S/C22H22N4O2/c1-28-19-10-6-5-9-16(19)14-23-20-13-18(22(27)24-17-11-12-17)25-21(26-20)15-7-3-2-4-8-15/h2-10,13,17H,11-12,14H2,1H3,(H,24,27)(H,23,25,26). The number of carbonyl (C=O) groups excluding carboxylic acids is 1. The number of benzene rings is 2. The highest BCUT2D eigenvalue weighted by Crippen LogP contribution is 2.23. The zero-order valence-electron chi connectivity index (χ0n) is 15.7. The van der Waals surface area contributed by atoms with Gasteiger partial charge in [-0.2, -0.15) is 0 Å². The Labute approximate surface area is 164 Å². The maximum atomic E-state index is 12.6. The molecule has 6 heteroatoms. The van der Waals surface area contributed by atoms with Gasteiger partial charge in [0.25, 0.3) is 5.91 Å². The topological polar surface area (TPSA) is 76.1 Å². The van der Waals surface area contributed by atoms with Crippen molar-refractivity contribution in [3.8, 4) is 17.1 Å². The fourth-order valence-corrected chi connectivity index (χ4v) is 2.89. The van der Waals surface area contributed by atoms with Crippen molar-refractivity contribution in [3.63, 3.8) is 0 Å². The molecule has 6 nitrogen and oxygen atoms in total. The number of rotatable bonds is 7. The van der Waals surface area contributed by atoms with Crippen molar-refractivity contribution in [1.29, 1.82) is 0 Å². The minimum absolute atomic E-state index is 0.164. The van der Waals surface area contributed by atoms with Gasteiger partial charge in [0.05, 0.1) is 7.11 Å². The number of hydrogen-bond acceptors (Lipinski definition) is 5. The number of carbonyl (C=O) groups is 1. The maximum absolute atomic E-state index is 12.6. The number of para-hydroxylation sites is 1. The van der Waals surface area contributed by atoms with Crippen LogP contribution >= 0.6 is 0 Å². The summed E-state index contributed by atoms with van der Waals surface area (Å²) in [6.07, 6.45) is 2.06. The van der Waals surface area contributed by atoms with E-state index >= 15 is 0 Å². The van der Waals surface area contributed by atoms with Crippen LogP contribution in [0.4, 0.5) is 5.82 Å². The third-order valence-electron chi connectivity index (χ3n) is 4.56. The molecule has 142 valence electrons. The van der Waals surface area contributed by atoms with Crippen LogP contribution in [0.25, 0.3) is 11.4 Å². The van der Waals surface area contributed by atoms with Crippen LogP contribution in [0.2, 0.25) is 0 Å². The summed E-state index contributed by atoms with van der Waals surface area (Å²) in [6.45, 7) is 0.527. The minimum atomic E-state index is -0.164. The quantitative estimate of drug-likeness (QED) is 0.660. The van der Waals surface area contributed by atoms with Gasteiger partial charge in [0.2, 0.25) is 0 Å². The normalized spacial score (nSPS) is 13.0. The number of anilines is 1. The van der Waals surface area contributed by atoms with Gasteiger partial charge in [0.1, 0.15) is 17.3 Å². The van der Waals surface area contributed by atoms with E-state index in [-0.39, 0.29) is 11.9 Å². The van der Waals surface area contributed by atoms with Crippen molar-refractivity contribution in [2.75, 3.05) is 12.4 Å². The van der Waals surface area contributed by atoms with Crippen LogP contribution in [0.3, 0.4) is 0 Å². The van der Waals surface area contributed by atoms with Crippen LogP contribution in [-0.2, 0) is 6.54 Å². The maximum Gasteiger partial charge on any atom is 0.270 e. The fraction of sp³-hybridized carbons (Fsp3) is 0.227. The second-order valence-corrected chi connectivity index (χ2v) is 6.74. The highest BCUT2D eigenvalue weighted by Gasteiger charge is 2.25. The average Bonchev–Trinajstić information content (AvgIpc) is 3.57. The number of hydrogen-bond donors (Lipinski definition) is 2. The van der Waals surface area contributed by atoms with Gasteiger partial charge in [-0.15, -0.1) is 0 Å². The van der Waals surface area contributed by atoms with E-state index in [1.165, 1.54) is 0 Å². The van der Waals surface area contributed by atoms with Gasteiger partial charge in [-0.05, 0) is 18.9 Å². The molecule has 0 spiro atoms. The molecule has 4 rings (SSSR count). The monoisotopic (exact) mass is 374 g/mol. The second-order valence-electron chi connectivity index (χ2n) is 6.74. The second kappa shape index (κ2) is 8.08. The Balaban J connectivity index is 1.62. The first-order chi connectivity index (χ1) is 13.7. The summed E-state index contributed by atoms with van der Waals surface area (Å²) in [6, 6.07) is 19.4. The number of methoxy groups -OCH3 is 1. The van der Waals surface area contributed by atoms with Gasteiger partial charge in [-0.3, -0.25) is 4.79 Å². The molecular weight excluding hydrogens is 352 g/mol. The van der Waals surface area contributed by atoms with Crippen molar-refractivity contribution in [2.24, 2.45) is 0 Å². The Morgan fingerprint density at radius 3 is 2.57 bits per heavy atom. The van der Waals surface area contributed by atoms with Crippen LogP contribution in [0.5, 0.6) is 5.75 Å². The highest BCUT2D eigenvalue weighted by atomic mass is 16.5. The van der Waals surface area contributed by atoms with E-state index < -0.39 is 0 Å². The van der Waals surface area contributed by atoms with E-state index in [1.54, 1.807) is 13.2 Å². The smallest absolute Gasteiger partial charge is 0.270 e. The Kier molecular flexibility index (Phi) is 5.19. The number of nitrogens with zero attached hydrogens (tertiary/aromatic N) is 2. The van der Waals surface area contributed by atoms with Crippen molar-refractivity contribution in [1.82, 2.24) is 15.3 Å². The average molecular weight is 374 g/mol. The molecule has 1 aromatic heterocycles. The Bertz CT molecular complexity index is 971. The molecule has 3 aromatic rings. The fourth-order valence-electron chi connectivity index (χ4n) is 2.89. The van der Waals surface area contributed by atoms with E-state index in [1.807, 2.05) is 54.6 Å². The summed E-state index contributed by atoms with van der Waals surface area (Å²) < 4.78 is 5.40.